The highest BCUT2D eigenvalue weighted by atomic mass is 32.2. The van der Waals surface area contributed by atoms with E-state index >= 15 is 0 Å². The van der Waals surface area contributed by atoms with Crippen LogP contribution in [0.3, 0.4) is 0 Å². The van der Waals surface area contributed by atoms with Gasteiger partial charge in [-0.25, -0.2) is 8.42 Å². The van der Waals surface area contributed by atoms with Gasteiger partial charge in [0.15, 0.2) is 0 Å². The van der Waals surface area contributed by atoms with Crippen LogP contribution in [0, 0.1) is 5.41 Å². The monoisotopic (exact) mass is 264 g/mol. The lowest BCUT2D eigenvalue weighted by molar-refractivity contribution is -0.145. The van der Waals surface area contributed by atoms with Crippen molar-refractivity contribution in [1.29, 1.82) is 0 Å². The number of likely N-dealkylation sites (N-methyl/N-ethyl adjacent to an activating group) is 1. The zero-order valence-electron chi connectivity index (χ0n) is 10.5. The van der Waals surface area contributed by atoms with Crippen LogP contribution < -0.4 is 0 Å². The number of nitrogens with zero attached hydrogens (tertiary/aromatic N) is 2. The maximum absolute atomic E-state index is 12.1. The van der Waals surface area contributed by atoms with Crippen molar-refractivity contribution in [2.75, 3.05) is 39.0 Å². The largest absolute Gasteiger partial charge is 0.481 e. The van der Waals surface area contributed by atoms with Crippen molar-refractivity contribution in [1.82, 2.24) is 9.21 Å². The maximum atomic E-state index is 12.1. The third-order valence-electron chi connectivity index (χ3n) is 2.98. The molecule has 0 aliphatic carbocycles. The highest BCUT2D eigenvalue weighted by Gasteiger charge is 2.37. The van der Waals surface area contributed by atoms with E-state index in [1.54, 1.807) is 0 Å². The van der Waals surface area contributed by atoms with Crippen LogP contribution in [-0.4, -0.2) is 67.7 Å². The quantitative estimate of drug-likeness (QED) is 0.752. The fourth-order valence-corrected chi connectivity index (χ4v) is 3.61. The van der Waals surface area contributed by atoms with E-state index in [0.29, 0.717) is 26.2 Å². The Morgan fingerprint density at radius 2 is 1.71 bits per heavy atom. The molecule has 1 aliphatic rings. The number of carbonyl (C=O) groups is 1. The third kappa shape index (κ3) is 3.65. The second kappa shape index (κ2) is 4.91. The fourth-order valence-electron chi connectivity index (χ4n) is 1.68. The van der Waals surface area contributed by atoms with Crippen molar-refractivity contribution in [2.45, 2.75) is 13.8 Å². The topological polar surface area (TPSA) is 77.9 Å². The number of carboxylic acids is 1. The summed E-state index contributed by atoms with van der Waals surface area (Å²) in [4.78, 5) is 13.0. The van der Waals surface area contributed by atoms with Crippen LogP contribution in [-0.2, 0) is 14.8 Å². The highest BCUT2D eigenvalue weighted by molar-refractivity contribution is 7.89. The summed E-state index contributed by atoms with van der Waals surface area (Å²) >= 11 is 0. The van der Waals surface area contributed by atoms with Crippen LogP contribution in [0.4, 0.5) is 0 Å². The van der Waals surface area contributed by atoms with Gasteiger partial charge in [-0.2, -0.15) is 4.31 Å². The Hall–Kier alpha value is -0.660. The van der Waals surface area contributed by atoms with Gasteiger partial charge < -0.3 is 10.0 Å². The predicted octanol–water partition coefficient (Wildman–Crippen LogP) is -0.326. The lowest BCUT2D eigenvalue weighted by Crippen LogP contribution is -2.49. The zero-order chi connectivity index (χ0) is 13.3. The summed E-state index contributed by atoms with van der Waals surface area (Å²) in [6.45, 7) is 5.12. The second-order valence-corrected chi connectivity index (χ2v) is 7.12. The Balaban J connectivity index is 2.73. The number of sulfonamides is 1. The standard InChI is InChI=1S/C10H20N2O4S/c1-10(2,9(13)14)8-17(15,16)12-6-4-11(3)5-7-12/h4-8H2,1-3H3,(H,13,14). The zero-order valence-corrected chi connectivity index (χ0v) is 11.3. The first-order valence-electron chi connectivity index (χ1n) is 5.55. The number of aliphatic carboxylic acids is 1. The minimum atomic E-state index is -3.48. The van der Waals surface area contributed by atoms with Crippen molar-refractivity contribution >= 4 is 16.0 Å². The molecule has 0 aromatic rings. The Bertz CT molecular complexity index is 383. The summed E-state index contributed by atoms with van der Waals surface area (Å²) in [6.07, 6.45) is 0. The summed E-state index contributed by atoms with van der Waals surface area (Å²) in [6, 6.07) is 0. The second-order valence-electron chi connectivity index (χ2n) is 5.15. The number of rotatable bonds is 4. The Labute approximate surface area is 102 Å². The molecule has 0 saturated carbocycles. The molecule has 7 heteroatoms. The minimum Gasteiger partial charge on any atom is -0.481 e. The molecular formula is C10H20N2O4S. The van der Waals surface area contributed by atoms with Crippen LogP contribution in [0.25, 0.3) is 0 Å². The summed E-state index contributed by atoms with van der Waals surface area (Å²) in [5.74, 6) is -1.44. The van der Waals surface area contributed by atoms with E-state index in [-0.39, 0.29) is 5.75 Å². The molecule has 0 aromatic heterocycles. The normalized spacial score (nSPS) is 20.4. The van der Waals surface area contributed by atoms with Crippen molar-refractivity contribution in [3.8, 4) is 0 Å². The van der Waals surface area contributed by atoms with Gasteiger partial charge in [0.25, 0.3) is 0 Å². The van der Waals surface area contributed by atoms with Gasteiger partial charge in [-0.1, -0.05) is 0 Å². The Kier molecular flexibility index (Phi) is 4.16. The van der Waals surface area contributed by atoms with Crippen LogP contribution >= 0.6 is 0 Å². The van der Waals surface area contributed by atoms with Crippen LogP contribution in [0.1, 0.15) is 13.8 Å². The van der Waals surface area contributed by atoms with Crippen LogP contribution in [0.15, 0.2) is 0 Å². The lowest BCUT2D eigenvalue weighted by atomic mass is 9.97. The molecule has 1 saturated heterocycles. The molecule has 0 amide bonds. The van der Waals surface area contributed by atoms with Gasteiger partial charge in [-0.3, -0.25) is 4.79 Å². The first-order chi connectivity index (χ1) is 7.65. The number of hydrogen-bond acceptors (Lipinski definition) is 4. The molecule has 0 radical (unpaired) electrons. The van der Waals surface area contributed by atoms with Crippen molar-refractivity contribution in [3.63, 3.8) is 0 Å². The first kappa shape index (κ1) is 14.4. The van der Waals surface area contributed by atoms with Crippen molar-refractivity contribution < 1.29 is 18.3 Å². The third-order valence-corrected chi connectivity index (χ3v) is 5.22. The number of carboxylic acid groups (broad SMARTS) is 1. The average Bonchev–Trinajstić information content (AvgIpc) is 2.16. The molecule has 0 spiro atoms. The first-order valence-corrected chi connectivity index (χ1v) is 7.16. The van der Waals surface area contributed by atoms with Gasteiger partial charge in [0, 0.05) is 26.2 Å². The molecule has 1 rings (SSSR count). The van der Waals surface area contributed by atoms with E-state index in [1.807, 2.05) is 11.9 Å². The highest BCUT2D eigenvalue weighted by Crippen LogP contribution is 2.21. The van der Waals surface area contributed by atoms with Gasteiger partial charge in [-0.05, 0) is 20.9 Å². The molecule has 0 unspecified atom stereocenters. The Morgan fingerprint density at radius 1 is 1.24 bits per heavy atom. The van der Waals surface area contributed by atoms with Gasteiger partial charge in [0.2, 0.25) is 10.0 Å². The van der Waals surface area contributed by atoms with E-state index in [0.717, 1.165) is 0 Å². The van der Waals surface area contributed by atoms with E-state index < -0.39 is 21.4 Å². The maximum Gasteiger partial charge on any atom is 0.310 e. The molecule has 1 aliphatic heterocycles. The molecular weight excluding hydrogens is 244 g/mol. The van der Waals surface area contributed by atoms with Gasteiger partial charge >= 0.3 is 5.97 Å². The molecule has 17 heavy (non-hydrogen) atoms. The summed E-state index contributed by atoms with van der Waals surface area (Å²) in [7, 11) is -1.55. The van der Waals surface area contributed by atoms with E-state index in [2.05, 4.69) is 0 Å². The molecule has 1 heterocycles. The minimum absolute atomic E-state index is 0.348. The fraction of sp³-hybridized carbons (Fsp3) is 0.900. The summed E-state index contributed by atoms with van der Waals surface area (Å²) in [5, 5.41) is 8.95. The summed E-state index contributed by atoms with van der Waals surface area (Å²) in [5.41, 5.74) is -1.25. The molecule has 0 aromatic carbocycles. The van der Waals surface area contributed by atoms with Gasteiger partial charge in [-0.15, -0.1) is 0 Å². The molecule has 1 fully saturated rings. The lowest BCUT2D eigenvalue weighted by Gasteiger charge is -2.33. The van der Waals surface area contributed by atoms with Crippen molar-refractivity contribution in [3.05, 3.63) is 0 Å². The van der Waals surface area contributed by atoms with Gasteiger partial charge in [0.05, 0.1) is 11.2 Å². The molecule has 0 atom stereocenters. The number of hydrogen-bond donors (Lipinski definition) is 1. The van der Waals surface area contributed by atoms with E-state index in [1.165, 1.54) is 18.2 Å². The Morgan fingerprint density at radius 3 is 2.12 bits per heavy atom. The predicted molar refractivity (Wildman–Crippen MR) is 64.3 cm³/mol. The van der Waals surface area contributed by atoms with E-state index in [4.69, 9.17) is 5.11 Å². The summed E-state index contributed by atoms with van der Waals surface area (Å²) < 4.78 is 25.5. The van der Waals surface area contributed by atoms with Crippen LogP contribution in [0.5, 0.6) is 0 Å². The van der Waals surface area contributed by atoms with Crippen molar-refractivity contribution in [2.24, 2.45) is 5.41 Å². The molecule has 100 valence electrons. The average molecular weight is 264 g/mol. The smallest absolute Gasteiger partial charge is 0.310 e. The SMILES string of the molecule is CN1CCN(S(=O)(=O)CC(C)(C)C(=O)O)CC1. The number of piperazine rings is 1. The van der Waals surface area contributed by atoms with E-state index in [9.17, 15) is 13.2 Å². The molecule has 0 bridgehead atoms. The van der Waals surface area contributed by atoms with Crippen LogP contribution in [0.2, 0.25) is 0 Å². The molecule has 1 N–H and O–H groups in total. The molecule has 6 nitrogen and oxygen atoms in total. The van der Waals surface area contributed by atoms with Gasteiger partial charge in [0.1, 0.15) is 0 Å².